The first-order valence-corrected chi connectivity index (χ1v) is 9.58. The average Bonchev–Trinajstić information content (AvgIpc) is 2.89. The zero-order valence-corrected chi connectivity index (χ0v) is 16.0. The van der Waals surface area contributed by atoms with E-state index in [4.69, 9.17) is 4.74 Å². The predicted molar refractivity (Wildman–Crippen MR) is 103 cm³/mol. The van der Waals surface area contributed by atoms with Crippen LogP contribution in [0.3, 0.4) is 0 Å². The van der Waals surface area contributed by atoms with Crippen LogP contribution in [0.15, 0.2) is 18.2 Å². The summed E-state index contributed by atoms with van der Waals surface area (Å²) in [6.45, 7) is 4.26. The highest BCUT2D eigenvalue weighted by molar-refractivity contribution is 5.98. The second-order valence-electron chi connectivity index (χ2n) is 8.16. The minimum absolute atomic E-state index is 0.133. The number of methoxy groups -OCH3 is 1. The van der Waals surface area contributed by atoms with Gasteiger partial charge in [-0.2, -0.15) is 5.26 Å². The highest BCUT2D eigenvalue weighted by atomic mass is 16.5. The molecule has 2 aliphatic rings. The van der Waals surface area contributed by atoms with Gasteiger partial charge in [0.2, 0.25) is 0 Å². The van der Waals surface area contributed by atoms with E-state index in [-0.39, 0.29) is 17.2 Å². The topological polar surface area (TPSA) is 62.1 Å². The van der Waals surface area contributed by atoms with E-state index in [0.717, 1.165) is 48.9 Å². The summed E-state index contributed by atoms with van der Waals surface area (Å²) in [7, 11) is 1.58. The summed E-state index contributed by atoms with van der Waals surface area (Å²) in [6.07, 6.45) is 9.34. The van der Waals surface area contributed by atoms with Gasteiger partial charge in [-0.3, -0.25) is 4.79 Å². The number of allylic oxidation sites excluding steroid dienone is 1. The summed E-state index contributed by atoms with van der Waals surface area (Å²) in [6, 6.07) is 5.99. The molecule has 1 aromatic rings. The maximum atomic E-state index is 12.9. The van der Waals surface area contributed by atoms with Crippen LogP contribution in [0.4, 0.5) is 0 Å². The van der Waals surface area contributed by atoms with Gasteiger partial charge in [0.15, 0.2) is 5.78 Å². The summed E-state index contributed by atoms with van der Waals surface area (Å²) >= 11 is 0. The van der Waals surface area contributed by atoms with Crippen LogP contribution in [0.5, 0.6) is 5.75 Å². The number of carbonyl (C=O) groups excluding carboxylic acids is 1. The molecular formula is C22H28N2O2. The van der Waals surface area contributed by atoms with Crippen LogP contribution in [0.1, 0.15) is 69.1 Å². The van der Waals surface area contributed by atoms with Crippen LogP contribution in [0.25, 0.3) is 5.70 Å². The molecule has 0 saturated heterocycles. The monoisotopic (exact) mass is 352 g/mol. The number of hydrogen-bond acceptors (Lipinski definition) is 4. The Morgan fingerprint density at radius 3 is 2.58 bits per heavy atom. The summed E-state index contributed by atoms with van der Waals surface area (Å²) in [5, 5.41) is 12.9. The first-order chi connectivity index (χ1) is 12.4. The molecule has 4 heteroatoms. The second-order valence-corrected chi connectivity index (χ2v) is 8.16. The largest absolute Gasteiger partial charge is 0.495 e. The number of ether oxygens (including phenoxy) is 1. The molecule has 138 valence electrons. The lowest BCUT2D eigenvalue weighted by atomic mass is 9.84. The van der Waals surface area contributed by atoms with Gasteiger partial charge in [-0.15, -0.1) is 0 Å². The van der Waals surface area contributed by atoms with Gasteiger partial charge in [-0.1, -0.05) is 25.7 Å². The highest BCUT2D eigenvalue weighted by Gasteiger charge is 2.30. The van der Waals surface area contributed by atoms with Crippen molar-refractivity contribution in [1.29, 1.82) is 5.26 Å². The maximum absolute atomic E-state index is 12.9. The molecule has 26 heavy (non-hydrogen) atoms. The van der Waals surface area contributed by atoms with E-state index in [0.29, 0.717) is 11.3 Å². The minimum Gasteiger partial charge on any atom is -0.495 e. The number of nitrogens with zero attached hydrogens (tertiary/aromatic N) is 1. The number of fused-ring (bicyclic) bond motifs is 1. The number of carbonyl (C=O) groups is 1. The number of rotatable bonds is 3. The Labute approximate surface area is 156 Å². The van der Waals surface area contributed by atoms with Crippen molar-refractivity contribution in [2.45, 2.75) is 64.3 Å². The summed E-state index contributed by atoms with van der Waals surface area (Å²) < 4.78 is 5.37. The Hall–Kier alpha value is -2.28. The smallest absolute Gasteiger partial charge is 0.160 e. The second kappa shape index (κ2) is 7.53. The molecule has 1 N–H and O–H groups in total. The molecule has 0 atom stereocenters. The zero-order valence-electron chi connectivity index (χ0n) is 16.0. The molecule has 1 saturated carbocycles. The lowest BCUT2D eigenvalue weighted by Crippen LogP contribution is -2.44. The van der Waals surface area contributed by atoms with Gasteiger partial charge in [0, 0.05) is 28.8 Å². The Morgan fingerprint density at radius 1 is 1.27 bits per heavy atom. The maximum Gasteiger partial charge on any atom is 0.160 e. The molecule has 1 aliphatic heterocycles. The molecule has 0 aromatic heterocycles. The van der Waals surface area contributed by atoms with Crippen LogP contribution < -0.4 is 10.1 Å². The van der Waals surface area contributed by atoms with Gasteiger partial charge < -0.3 is 10.1 Å². The lowest BCUT2D eigenvalue weighted by Gasteiger charge is -2.36. The number of hydrogen-bond donors (Lipinski definition) is 1. The van der Waals surface area contributed by atoms with Crippen LogP contribution in [0, 0.1) is 17.2 Å². The highest BCUT2D eigenvalue weighted by Crippen LogP contribution is 2.35. The normalized spacial score (nSPS) is 21.2. The van der Waals surface area contributed by atoms with Crippen molar-refractivity contribution in [3.8, 4) is 11.8 Å². The molecule has 0 radical (unpaired) electrons. The van der Waals surface area contributed by atoms with E-state index in [9.17, 15) is 10.1 Å². The number of nitrogens with one attached hydrogen (secondary N) is 1. The first-order valence-electron chi connectivity index (χ1n) is 9.58. The van der Waals surface area contributed by atoms with Crippen molar-refractivity contribution in [1.82, 2.24) is 5.32 Å². The number of nitriles is 1. The molecule has 1 heterocycles. The number of ketones is 1. The molecular weight excluding hydrogens is 324 g/mol. The quantitative estimate of drug-likeness (QED) is 0.648. The molecule has 1 aromatic carbocycles. The third-order valence-electron chi connectivity index (χ3n) is 5.49. The predicted octanol–water partition coefficient (Wildman–Crippen LogP) is 4.37. The van der Waals surface area contributed by atoms with Gasteiger partial charge in [0.1, 0.15) is 11.8 Å². The fraction of sp³-hybridized carbons (Fsp3) is 0.545. The van der Waals surface area contributed by atoms with Crippen molar-refractivity contribution in [3.63, 3.8) is 0 Å². The van der Waals surface area contributed by atoms with E-state index in [1.807, 2.05) is 12.1 Å². The third kappa shape index (κ3) is 3.93. The van der Waals surface area contributed by atoms with Gasteiger partial charge in [0.05, 0.1) is 12.7 Å². The van der Waals surface area contributed by atoms with Gasteiger partial charge in [-0.05, 0) is 50.8 Å². The SMILES string of the molecule is COc1cc2c(cc1C#N)/C(=C/C(=O)C1CCCCCC1)NC(C)(C)C2. The van der Waals surface area contributed by atoms with E-state index >= 15 is 0 Å². The minimum atomic E-state index is -0.151. The van der Waals surface area contributed by atoms with Gasteiger partial charge in [0.25, 0.3) is 0 Å². The van der Waals surface area contributed by atoms with E-state index in [1.165, 1.54) is 12.8 Å². The van der Waals surface area contributed by atoms with E-state index in [1.54, 1.807) is 13.2 Å². The molecule has 3 rings (SSSR count). The molecule has 4 nitrogen and oxygen atoms in total. The van der Waals surface area contributed by atoms with Crippen molar-refractivity contribution >= 4 is 11.5 Å². The average molecular weight is 352 g/mol. The molecule has 0 amide bonds. The van der Waals surface area contributed by atoms with Crippen molar-refractivity contribution in [2.75, 3.05) is 7.11 Å². The molecule has 1 fully saturated rings. The van der Waals surface area contributed by atoms with Crippen molar-refractivity contribution in [3.05, 3.63) is 34.9 Å². The van der Waals surface area contributed by atoms with Gasteiger partial charge >= 0.3 is 0 Å². The summed E-state index contributed by atoms with van der Waals surface area (Å²) in [5.41, 5.74) is 3.25. The molecule has 0 bridgehead atoms. The Morgan fingerprint density at radius 2 is 1.96 bits per heavy atom. The fourth-order valence-corrected chi connectivity index (χ4v) is 4.17. The Balaban J connectivity index is 1.99. The summed E-state index contributed by atoms with van der Waals surface area (Å²) in [5.74, 6) is 0.944. The van der Waals surface area contributed by atoms with Crippen molar-refractivity contribution in [2.24, 2.45) is 5.92 Å². The van der Waals surface area contributed by atoms with Crippen LogP contribution in [-0.2, 0) is 11.2 Å². The number of benzene rings is 1. The first kappa shape index (κ1) is 18.5. The lowest BCUT2D eigenvalue weighted by molar-refractivity contribution is -0.118. The standard InChI is InChI=1S/C22H28N2O2/c1-22(2)13-16-11-21(26-3)17(14-23)10-18(16)19(24-22)12-20(25)15-8-6-4-5-7-9-15/h10-12,15,24H,4-9,13H2,1-3H3/b19-12-. The zero-order chi connectivity index (χ0) is 18.7. The van der Waals surface area contributed by atoms with Crippen LogP contribution in [-0.4, -0.2) is 18.4 Å². The van der Waals surface area contributed by atoms with Gasteiger partial charge in [-0.25, -0.2) is 0 Å². The Kier molecular flexibility index (Phi) is 5.36. The third-order valence-corrected chi connectivity index (χ3v) is 5.49. The molecule has 1 aliphatic carbocycles. The van der Waals surface area contributed by atoms with Crippen LogP contribution >= 0.6 is 0 Å². The van der Waals surface area contributed by atoms with E-state index < -0.39 is 0 Å². The molecule has 0 unspecified atom stereocenters. The Bertz CT molecular complexity index is 763. The van der Waals surface area contributed by atoms with E-state index in [2.05, 4.69) is 25.2 Å². The molecule has 0 spiro atoms. The fourth-order valence-electron chi connectivity index (χ4n) is 4.17. The van der Waals surface area contributed by atoms with Crippen LogP contribution in [0.2, 0.25) is 0 Å². The summed E-state index contributed by atoms with van der Waals surface area (Å²) in [4.78, 5) is 12.9. The van der Waals surface area contributed by atoms with Crippen molar-refractivity contribution < 1.29 is 9.53 Å².